The Morgan fingerprint density at radius 1 is 1.56 bits per heavy atom. The van der Waals surface area contributed by atoms with Crippen molar-refractivity contribution in [2.24, 2.45) is 7.05 Å². The number of thioether (sulfide) groups is 1. The number of nitrogen functional groups attached to an aromatic ring is 1. The number of hydrogen-bond donors (Lipinski definition) is 2. The molecule has 3 N–H and O–H groups in total. The number of hydrogen-bond acceptors (Lipinski definition) is 4. The lowest BCUT2D eigenvalue weighted by atomic mass is 9.94. The first kappa shape index (κ1) is 13.3. The third-order valence-electron chi connectivity index (χ3n) is 3.55. The molecule has 2 rings (SSSR count). The second-order valence-electron chi connectivity index (χ2n) is 4.71. The second-order valence-corrected chi connectivity index (χ2v) is 5.78. The summed E-state index contributed by atoms with van der Waals surface area (Å²) in [7, 11) is 1.73. The van der Waals surface area contributed by atoms with Gasteiger partial charge in [0.25, 0.3) is 5.91 Å². The average Bonchev–Trinajstić information content (AvgIpc) is 2.71. The molecule has 1 fully saturated rings. The molecule has 1 aromatic heterocycles. The maximum atomic E-state index is 12.2. The molecule has 0 bridgehead atoms. The molecule has 1 saturated carbocycles. The summed E-state index contributed by atoms with van der Waals surface area (Å²) in [6.45, 7) is 0. The Balaban J connectivity index is 2.04. The van der Waals surface area contributed by atoms with E-state index in [0.717, 1.165) is 6.42 Å². The first-order chi connectivity index (χ1) is 8.63. The number of nitrogens with zero attached hydrogens (tertiary/aromatic N) is 2. The minimum atomic E-state index is -0.105. The molecule has 100 valence electrons. The van der Waals surface area contributed by atoms with E-state index >= 15 is 0 Å². The normalized spacial score (nSPS) is 23.9. The van der Waals surface area contributed by atoms with Gasteiger partial charge in [-0.15, -0.1) is 0 Å². The smallest absolute Gasteiger partial charge is 0.256 e. The fourth-order valence-corrected chi connectivity index (χ4v) is 3.35. The van der Waals surface area contributed by atoms with Gasteiger partial charge in [-0.2, -0.15) is 16.9 Å². The fraction of sp³-hybridized carbons (Fsp3) is 0.667. The molecule has 1 aliphatic carbocycles. The third kappa shape index (κ3) is 2.63. The zero-order valence-corrected chi connectivity index (χ0v) is 11.7. The van der Waals surface area contributed by atoms with Crippen molar-refractivity contribution in [1.82, 2.24) is 15.1 Å². The van der Waals surface area contributed by atoms with Gasteiger partial charge in [-0.05, 0) is 19.1 Å². The molecule has 0 radical (unpaired) electrons. The van der Waals surface area contributed by atoms with E-state index < -0.39 is 0 Å². The first-order valence-electron chi connectivity index (χ1n) is 6.24. The highest BCUT2D eigenvalue weighted by Crippen LogP contribution is 2.27. The number of carbonyl (C=O) groups excluding carboxylic acids is 1. The molecule has 18 heavy (non-hydrogen) atoms. The van der Waals surface area contributed by atoms with Crippen molar-refractivity contribution in [3.8, 4) is 0 Å². The molecule has 5 nitrogen and oxygen atoms in total. The summed E-state index contributed by atoms with van der Waals surface area (Å²) < 4.78 is 1.52. The number of anilines is 1. The molecule has 1 heterocycles. The zero-order valence-electron chi connectivity index (χ0n) is 10.8. The summed E-state index contributed by atoms with van der Waals surface area (Å²) in [5, 5.41) is 7.61. The number of nitrogens with two attached hydrogens (primary N) is 1. The van der Waals surface area contributed by atoms with Crippen LogP contribution in [0.3, 0.4) is 0 Å². The van der Waals surface area contributed by atoms with Gasteiger partial charge in [-0.1, -0.05) is 12.8 Å². The van der Waals surface area contributed by atoms with Gasteiger partial charge in [0, 0.05) is 18.3 Å². The maximum absolute atomic E-state index is 12.2. The fourth-order valence-electron chi connectivity index (χ4n) is 2.41. The van der Waals surface area contributed by atoms with Crippen LogP contribution in [-0.4, -0.2) is 33.2 Å². The van der Waals surface area contributed by atoms with Gasteiger partial charge in [0.05, 0.1) is 6.20 Å². The van der Waals surface area contributed by atoms with Crippen LogP contribution in [-0.2, 0) is 7.05 Å². The standard InChI is InChI=1S/C12H20N4OS/c1-16-11(13)8(7-14-16)12(17)15-9-5-3-4-6-10(9)18-2/h7,9-10H,3-6,13H2,1-2H3,(H,15,17). The van der Waals surface area contributed by atoms with Crippen LogP contribution in [0.4, 0.5) is 5.82 Å². The van der Waals surface area contributed by atoms with E-state index in [1.165, 1.54) is 30.1 Å². The summed E-state index contributed by atoms with van der Waals surface area (Å²) in [4.78, 5) is 12.2. The van der Waals surface area contributed by atoms with E-state index in [1.54, 1.807) is 7.05 Å². The highest BCUT2D eigenvalue weighted by Gasteiger charge is 2.27. The summed E-state index contributed by atoms with van der Waals surface area (Å²) in [5.41, 5.74) is 6.29. The molecule has 2 atom stereocenters. The van der Waals surface area contributed by atoms with Crippen molar-refractivity contribution in [2.45, 2.75) is 37.0 Å². The van der Waals surface area contributed by atoms with E-state index in [-0.39, 0.29) is 11.9 Å². The van der Waals surface area contributed by atoms with Crippen LogP contribution in [0.15, 0.2) is 6.20 Å². The van der Waals surface area contributed by atoms with E-state index in [0.29, 0.717) is 16.6 Å². The average molecular weight is 268 g/mol. The van der Waals surface area contributed by atoms with Crippen molar-refractivity contribution in [2.75, 3.05) is 12.0 Å². The van der Waals surface area contributed by atoms with Gasteiger partial charge < -0.3 is 11.1 Å². The SMILES string of the molecule is CSC1CCCCC1NC(=O)c1cnn(C)c1N. The maximum Gasteiger partial charge on any atom is 0.256 e. The molecule has 1 aliphatic rings. The highest BCUT2D eigenvalue weighted by molar-refractivity contribution is 7.99. The zero-order chi connectivity index (χ0) is 13.1. The number of nitrogens with one attached hydrogen (secondary N) is 1. The van der Waals surface area contributed by atoms with E-state index in [4.69, 9.17) is 5.73 Å². The Morgan fingerprint density at radius 3 is 2.89 bits per heavy atom. The number of amides is 1. The minimum absolute atomic E-state index is 0.105. The van der Waals surface area contributed by atoms with E-state index in [9.17, 15) is 4.79 Å². The van der Waals surface area contributed by atoms with Gasteiger partial charge in [0.2, 0.25) is 0 Å². The molecular formula is C12H20N4OS. The minimum Gasteiger partial charge on any atom is -0.383 e. The van der Waals surface area contributed by atoms with Crippen LogP contribution < -0.4 is 11.1 Å². The number of rotatable bonds is 3. The lowest BCUT2D eigenvalue weighted by Gasteiger charge is -2.30. The third-order valence-corrected chi connectivity index (χ3v) is 4.72. The van der Waals surface area contributed by atoms with E-state index in [1.807, 2.05) is 11.8 Å². The van der Waals surface area contributed by atoms with Crippen molar-refractivity contribution in [3.63, 3.8) is 0 Å². The van der Waals surface area contributed by atoms with Gasteiger partial charge >= 0.3 is 0 Å². The quantitative estimate of drug-likeness (QED) is 0.869. The Labute approximate surface area is 111 Å². The molecule has 1 amide bonds. The molecule has 0 aliphatic heterocycles. The molecule has 6 heteroatoms. The number of aromatic nitrogens is 2. The summed E-state index contributed by atoms with van der Waals surface area (Å²) >= 11 is 1.83. The molecule has 2 unspecified atom stereocenters. The monoisotopic (exact) mass is 268 g/mol. The van der Waals surface area contributed by atoms with Crippen LogP contribution >= 0.6 is 11.8 Å². The van der Waals surface area contributed by atoms with Crippen molar-refractivity contribution in [1.29, 1.82) is 0 Å². The lowest BCUT2D eigenvalue weighted by molar-refractivity contribution is 0.0930. The van der Waals surface area contributed by atoms with Crippen molar-refractivity contribution >= 4 is 23.5 Å². The first-order valence-corrected chi connectivity index (χ1v) is 7.53. The van der Waals surface area contributed by atoms with Crippen LogP contribution in [0.5, 0.6) is 0 Å². The Bertz CT molecular complexity index is 432. The molecule has 0 aromatic carbocycles. The highest BCUT2D eigenvalue weighted by atomic mass is 32.2. The molecule has 1 aromatic rings. The summed E-state index contributed by atoms with van der Waals surface area (Å²) in [5.74, 6) is 0.315. The van der Waals surface area contributed by atoms with Crippen LogP contribution in [0, 0.1) is 0 Å². The van der Waals surface area contributed by atoms with Crippen molar-refractivity contribution < 1.29 is 4.79 Å². The van der Waals surface area contributed by atoms with Crippen LogP contribution in [0.25, 0.3) is 0 Å². The molecule has 0 saturated heterocycles. The van der Waals surface area contributed by atoms with E-state index in [2.05, 4.69) is 16.7 Å². The predicted octanol–water partition coefficient (Wildman–Crippen LogP) is 1.41. The summed E-state index contributed by atoms with van der Waals surface area (Å²) in [6.07, 6.45) is 8.30. The van der Waals surface area contributed by atoms with Gasteiger partial charge in [0.1, 0.15) is 11.4 Å². The van der Waals surface area contributed by atoms with Crippen molar-refractivity contribution in [3.05, 3.63) is 11.8 Å². The Kier molecular flexibility index (Phi) is 4.16. The number of aryl methyl sites for hydroxylation is 1. The molecule has 0 spiro atoms. The summed E-state index contributed by atoms with van der Waals surface area (Å²) in [6, 6.07) is 0.251. The predicted molar refractivity (Wildman–Crippen MR) is 74.6 cm³/mol. The largest absolute Gasteiger partial charge is 0.383 e. The van der Waals surface area contributed by atoms with Crippen LogP contribution in [0.1, 0.15) is 36.0 Å². The number of carbonyl (C=O) groups is 1. The lowest BCUT2D eigenvalue weighted by Crippen LogP contribution is -2.43. The Hall–Kier alpha value is -1.17. The van der Waals surface area contributed by atoms with Gasteiger partial charge in [-0.25, -0.2) is 0 Å². The van der Waals surface area contributed by atoms with Gasteiger partial charge in [-0.3, -0.25) is 9.48 Å². The molecular weight excluding hydrogens is 248 g/mol. The second kappa shape index (κ2) is 5.65. The topological polar surface area (TPSA) is 72.9 Å². The van der Waals surface area contributed by atoms with Crippen LogP contribution in [0.2, 0.25) is 0 Å². The Morgan fingerprint density at radius 2 is 2.28 bits per heavy atom. The van der Waals surface area contributed by atoms with Gasteiger partial charge in [0.15, 0.2) is 0 Å².